The van der Waals surface area contributed by atoms with Crippen LogP contribution in [0.1, 0.15) is 58.3 Å². The molecule has 0 bridgehead atoms. The number of carbonyl (C=O) groups excluding carboxylic acids is 3. The molecule has 2 heterocycles. The Bertz CT molecular complexity index is 1280. The van der Waals surface area contributed by atoms with Crippen LogP contribution in [0.25, 0.3) is 0 Å². The highest BCUT2D eigenvalue weighted by atomic mass is 35.5. The van der Waals surface area contributed by atoms with Crippen LogP contribution in [0.4, 0.5) is 5.00 Å². The van der Waals surface area contributed by atoms with E-state index in [1.807, 2.05) is 18.4 Å². The number of halogens is 1. The third-order valence-electron chi connectivity index (χ3n) is 4.97. The maximum Gasteiger partial charge on any atom is 0.341 e. The Balaban J connectivity index is 1.71. The van der Waals surface area contributed by atoms with Gasteiger partial charge in [0, 0.05) is 11.6 Å². The third kappa shape index (κ3) is 6.37. The first-order chi connectivity index (χ1) is 17.2. The number of hydrogen-bond donors (Lipinski definition) is 2. The normalized spacial score (nSPS) is 11.7. The highest BCUT2D eigenvalue weighted by Gasteiger charge is 2.26. The molecule has 1 unspecified atom stereocenters. The number of nitrogens with two attached hydrogens (primary N) is 1. The molecule has 0 radical (unpaired) electrons. The first-order valence-electron chi connectivity index (χ1n) is 11.0. The Morgan fingerprint density at radius 2 is 2.03 bits per heavy atom. The molecule has 2 amide bonds. The van der Waals surface area contributed by atoms with E-state index in [9.17, 15) is 14.4 Å². The lowest BCUT2D eigenvalue weighted by atomic mass is 10.1. The monoisotopic (exact) mass is 551 g/mol. The van der Waals surface area contributed by atoms with E-state index in [-0.39, 0.29) is 27.8 Å². The Morgan fingerprint density at radius 3 is 2.67 bits per heavy atom. The highest BCUT2D eigenvalue weighted by Crippen LogP contribution is 2.34. The summed E-state index contributed by atoms with van der Waals surface area (Å²) in [6.07, 6.45) is -0.410. The molecule has 0 saturated heterocycles. The number of nitrogens with one attached hydrogen (secondary N) is 1. The van der Waals surface area contributed by atoms with Crippen molar-refractivity contribution in [1.29, 1.82) is 0 Å². The van der Waals surface area contributed by atoms with Gasteiger partial charge in [-0.15, -0.1) is 21.5 Å². The predicted molar refractivity (Wildman–Crippen MR) is 139 cm³/mol. The Kier molecular flexibility index (Phi) is 9.35. The molecule has 0 saturated carbocycles. The van der Waals surface area contributed by atoms with Crippen LogP contribution in [-0.2, 0) is 16.1 Å². The molecular weight excluding hydrogens is 526 g/mol. The second-order valence-electron chi connectivity index (χ2n) is 7.48. The molecule has 0 aliphatic rings. The molecule has 0 fully saturated rings. The van der Waals surface area contributed by atoms with Crippen LogP contribution >= 0.6 is 34.7 Å². The molecule has 10 nitrogen and oxygen atoms in total. The van der Waals surface area contributed by atoms with Crippen molar-refractivity contribution < 1.29 is 23.9 Å². The SMILES string of the molecule is CCOC(=O)c1c(NC(=O)CSc2nnc(C(C)Oc3cccc(Cl)c3)n2CC)sc(C(N)=O)c1C. The van der Waals surface area contributed by atoms with Gasteiger partial charge >= 0.3 is 5.97 Å². The smallest absolute Gasteiger partial charge is 0.341 e. The molecule has 2 aromatic heterocycles. The number of rotatable bonds is 11. The summed E-state index contributed by atoms with van der Waals surface area (Å²) < 4.78 is 12.9. The highest BCUT2D eigenvalue weighted by molar-refractivity contribution is 7.99. The van der Waals surface area contributed by atoms with Crippen molar-refractivity contribution in [1.82, 2.24) is 14.8 Å². The average molecular weight is 552 g/mol. The number of anilines is 1. The van der Waals surface area contributed by atoms with Gasteiger partial charge in [0.05, 0.1) is 22.8 Å². The molecule has 3 aromatic rings. The van der Waals surface area contributed by atoms with E-state index >= 15 is 0 Å². The number of ether oxygens (including phenoxy) is 2. The van der Waals surface area contributed by atoms with Crippen LogP contribution in [0.2, 0.25) is 5.02 Å². The van der Waals surface area contributed by atoms with Crippen LogP contribution in [-0.4, -0.2) is 44.9 Å². The van der Waals surface area contributed by atoms with Gasteiger partial charge in [0.1, 0.15) is 10.8 Å². The molecule has 13 heteroatoms. The number of aromatic nitrogens is 3. The van der Waals surface area contributed by atoms with E-state index in [0.717, 1.165) is 11.3 Å². The van der Waals surface area contributed by atoms with Crippen molar-refractivity contribution in [3.63, 3.8) is 0 Å². The van der Waals surface area contributed by atoms with Crippen molar-refractivity contribution in [2.75, 3.05) is 17.7 Å². The number of esters is 1. The number of nitrogens with zero attached hydrogens (tertiary/aromatic N) is 3. The molecule has 1 aromatic carbocycles. The van der Waals surface area contributed by atoms with Crippen molar-refractivity contribution in [2.45, 2.75) is 45.5 Å². The lowest BCUT2D eigenvalue weighted by molar-refractivity contribution is -0.113. The summed E-state index contributed by atoms with van der Waals surface area (Å²) in [7, 11) is 0. The number of thioether (sulfide) groups is 1. The van der Waals surface area contributed by atoms with Gasteiger partial charge < -0.3 is 25.1 Å². The van der Waals surface area contributed by atoms with Crippen LogP contribution in [0, 0.1) is 6.92 Å². The number of primary amides is 1. The van der Waals surface area contributed by atoms with Crippen LogP contribution in [0.5, 0.6) is 5.75 Å². The second kappa shape index (κ2) is 12.2. The van der Waals surface area contributed by atoms with Crippen LogP contribution in [0.15, 0.2) is 29.4 Å². The minimum absolute atomic E-state index is 0.00716. The lowest BCUT2D eigenvalue weighted by Gasteiger charge is -2.15. The number of amides is 2. The maximum absolute atomic E-state index is 12.7. The topological polar surface area (TPSA) is 138 Å². The lowest BCUT2D eigenvalue weighted by Crippen LogP contribution is -2.17. The van der Waals surface area contributed by atoms with E-state index in [2.05, 4.69) is 15.5 Å². The van der Waals surface area contributed by atoms with Gasteiger partial charge in [-0.2, -0.15) is 0 Å². The Labute approximate surface area is 221 Å². The van der Waals surface area contributed by atoms with Crippen LogP contribution in [0.3, 0.4) is 0 Å². The number of hydrogen-bond acceptors (Lipinski definition) is 9. The summed E-state index contributed by atoms with van der Waals surface area (Å²) in [5.41, 5.74) is 5.92. The van der Waals surface area contributed by atoms with Crippen molar-refractivity contribution in [3.05, 3.63) is 51.1 Å². The fourth-order valence-electron chi connectivity index (χ4n) is 3.38. The number of thiophene rings is 1. The fourth-order valence-corrected chi connectivity index (χ4v) is 5.43. The second-order valence-corrected chi connectivity index (χ2v) is 9.88. The summed E-state index contributed by atoms with van der Waals surface area (Å²) in [6.45, 7) is 7.76. The van der Waals surface area contributed by atoms with E-state index in [1.165, 1.54) is 11.8 Å². The molecule has 0 spiro atoms. The van der Waals surface area contributed by atoms with Crippen molar-refractivity contribution in [2.24, 2.45) is 5.73 Å². The maximum atomic E-state index is 12.7. The minimum atomic E-state index is -0.685. The molecule has 36 heavy (non-hydrogen) atoms. The molecule has 3 rings (SSSR count). The minimum Gasteiger partial charge on any atom is -0.483 e. The van der Waals surface area contributed by atoms with Gasteiger partial charge in [-0.3, -0.25) is 9.59 Å². The fraction of sp³-hybridized carbons (Fsp3) is 0.348. The van der Waals surface area contributed by atoms with E-state index in [4.69, 9.17) is 26.8 Å². The van der Waals surface area contributed by atoms with Gasteiger partial charge in [-0.25, -0.2) is 4.79 Å². The first-order valence-corrected chi connectivity index (χ1v) is 13.2. The van der Waals surface area contributed by atoms with Gasteiger partial charge in [0.25, 0.3) is 5.91 Å². The zero-order valence-corrected chi connectivity index (χ0v) is 22.6. The van der Waals surface area contributed by atoms with Gasteiger partial charge in [-0.05, 0) is 51.5 Å². The van der Waals surface area contributed by atoms with Crippen LogP contribution < -0.4 is 15.8 Å². The summed E-state index contributed by atoms with van der Waals surface area (Å²) >= 11 is 8.16. The molecule has 0 aliphatic heterocycles. The standard InChI is InChI=1S/C23H26ClN5O5S2/c1-5-29-20(13(4)34-15-9-7-8-14(24)10-15)27-28-23(29)35-11-16(30)26-21-17(22(32)33-6-2)12(3)18(36-21)19(25)31/h7-10,13H,5-6,11H2,1-4H3,(H2,25,31)(H,26,30). The number of benzene rings is 1. The molecule has 192 valence electrons. The van der Waals surface area contributed by atoms with Gasteiger partial charge in [-0.1, -0.05) is 29.4 Å². The molecule has 0 aliphatic carbocycles. The van der Waals surface area contributed by atoms with Gasteiger partial charge in [0.2, 0.25) is 5.91 Å². The quantitative estimate of drug-likeness (QED) is 0.263. The van der Waals surface area contributed by atoms with E-state index in [1.54, 1.807) is 38.1 Å². The van der Waals surface area contributed by atoms with Gasteiger partial charge in [0.15, 0.2) is 17.1 Å². The van der Waals surface area contributed by atoms with Crippen molar-refractivity contribution in [3.8, 4) is 5.75 Å². The van der Waals surface area contributed by atoms with E-state index in [0.29, 0.717) is 33.9 Å². The Morgan fingerprint density at radius 1 is 1.28 bits per heavy atom. The average Bonchev–Trinajstić information content (AvgIpc) is 3.38. The largest absolute Gasteiger partial charge is 0.483 e. The summed E-state index contributed by atoms with van der Waals surface area (Å²) in [6, 6.07) is 7.07. The van der Waals surface area contributed by atoms with Crippen molar-refractivity contribution >= 4 is 57.5 Å². The molecule has 1 atom stereocenters. The third-order valence-corrected chi connectivity index (χ3v) is 7.39. The summed E-state index contributed by atoms with van der Waals surface area (Å²) in [5.74, 6) is -0.509. The first kappa shape index (κ1) is 27.5. The summed E-state index contributed by atoms with van der Waals surface area (Å²) in [4.78, 5) is 37.1. The zero-order chi connectivity index (χ0) is 26.4. The van der Waals surface area contributed by atoms with E-state index < -0.39 is 23.9 Å². The molecular formula is C23H26ClN5O5S2. The number of carbonyl (C=O) groups is 3. The zero-order valence-electron chi connectivity index (χ0n) is 20.2. The summed E-state index contributed by atoms with van der Waals surface area (Å²) in [5, 5.41) is 12.5. The predicted octanol–water partition coefficient (Wildman–Crippen LogP) is 4.47. The Hall–Kier alpha value is -3.09. The molecule has 3 N–H and O–H groups in total.